The van der Waals surface area contributed by atoms with Gasteiger partial charge in [0, 0.05) is 0 Å². The molecule has 0 fully saturated rings. The van der Waals surface area contributed by atoms with Crippen molar-refractivity contribution >= 4 is 0 Å². The lowest BCUT2D eigenvalue weighted by atomic mass is 9.89. The summed E-state index contributed by atoms with van der Waals surface area (Å²) in [6.07, 6.45) is 3.01. The van der Waals surface area contributed by atoms with Gasteiger partial charge < -0.3 is 9.84 Å². The van der Waals surface area contributed by atoms with E-state index in [4.69, 9.17) is 4.74 Å². The van der Waals surface area contributed by atoms with Crippen LogP contribution in [-0.2, 0) is 5.60 Å². The van der Waals surface area contributed by atoms with Crippen molar-refractivity contribution in [3.8, 4) is 5.75 Å². The molecular formula is C15H24O2. The maximum atomic E-state index is 10.4. The highest BCUT2D eigenvalue weighted by molar-refractivity contribution is 5.30. The van der Waals surface area contributed by atoms with Gasteiger partial charge >= 0.3 is 0 Å². The third kappa shape index (κ3) is 4.39. The number of rotatable bonds is 6. The third-order valence-electron chi connectivity index (χ3n) is 3.16. The molecule has 2 heteroatoms. The van der Waals surface area contributed by atoms with E-state index in [2.05, 4.69) is 13.8 Å². The van der Waals surface area contributed by atoms with E-state index in [9.17, 15) is 5.11 Å². The largest absolute Gasteiger partial charge is 0.497 e. The maximum Gasteiger partial charge on any atom is 0.118 e. The van der Waals surface area contributed by atoms with Gasteiger partial charge in [-0.3, -0.25) is 0 Å². The van der Waals surface area contributed by atoms with E-state index < -0.39 is 5.60 Å². The van der Waals surface area contributed by atoms with Crippen molar-refractivity contribution in [1.82, 2.24) is 0 Å². The lowest BCUT2D eigenvalue weighted by Gasteiger charge is -2.24. The van der Waals surface area contributed by atoms with Gasteiger partial charge in [0.25, 0.3) is 0 Å². The summed E-state index contributed by atoms with van der Waals surface area (Å²) in [5.74, 6) is 1.52. The molecule has 1 rings (SSSR count). The first-order valence-corrected chi connectivity index (χ1v) is 6.32. The van der Waals surface area contributed by atoms with E-state index in [-0.39, 0.29) is 0 Å². The molecule has 1 atom stereocenters. The van der Waals surface area contributed by atoms with Crippen molar-refractivity contribution in [2.45, 2.75) is 45.6 Å². The molecule has 1 aromatic rings. The van der Waals surface area contributed by atoms with E-state index in [1.54, 1.807) is 7.11 Å². The Labute approximate surface area is 105 Å². The lowest BCUT2D eigenvalue weighted by molar-refractivity contribution is 0.0441. The maximum absolute atomic E-state index is 10.4. The van der Waals surface area contributed by atoms with Gasteiger partial charge in [-0.05, 0) is 43.4 Å². The molecule has 0 aliphatic heterocycles. The Balaban J connectivity index is 2.61. The SMILES string of the molecule is COc1ccc(C(C)(O)CCCC(C)C)cc1. The molecule has 0 saturated carbocycles. The molecule has 0 heterocycles. The highest BCUT2D eigenvalue weighted by Gasteiger charge is 2.22. The van der Waals surface area contributed by atoms with Crippen molar-refractivity contribution in [2.75, 3.05) is 7.11 Å². The predicted molar refractivity (Wildman–Crippen MR) is 71.3 cm³/mol. The molecule has 2 nitrogen and oxygen atoms in total. The molecule has 0 radical (unpaired) electrons. The second-order valence-corrected chi connectivity index (χ2v) is 5.29. The monoisotopic (exact) mass is 236 g/mol. The van der Waals surface area contributed by atoms with Gasteiger partial charge in [0.15, 0.2) is 0 Å². The van der Waals surface area contributed by atoms with Crippen molar-refractivity contribution < 1.29 is 9.84 Å². The Hall–Kier alpha value is -1.02. The highest BCUT2D eigenvalue weighted by Crippen LogP contribution is 2.28. The number of aliphatic hydroxyl groups is 1. The second kappa shape index (κ2) is 6.06. The van der Waals surface area contributed by atoms with Crippen LogP contribution in [0.2, 0.25) is 0 Å². The Morgan fingerprint density at radius 2 is 1.82 bits per heavy atom. The van der Waals surface area contributed by atoms with E-state index in [1.807, 2.05) is 31.2 Å². The van der Waals surface area contributed by atoms with Crippen LogP contribution in [-0.4, -0.2) is 12.2 Å². The molecule has 1 aromatic carbocycles. The van der Waals surface area contributed by atoms with E-state index in [0.29, 0.717) is 5.92 Å². The lowest BCUT2D eigenvalue weighted by Crippen LogP contribution is -2.21. The molecule has 0 aliphatic carbocycles. The first-order chi connectivity index (χ1) is 7.95. The first kappa shape index (κ1) is 14.0. The van der Waals surface area contributed by atoms with E-state index in [0.717, 1.165) is 30.6 Å². The number of hydrogen-bond acceptors (Lipinski definition) is 2. The van der Waals surface area contributed by atoms with Crippen LogP contribution in [0, 0.1) is 5.92 Å². The van der Waals surface area contributed by atoms with Gasteiger partial charge in [-0.1, -0.05) is 32.4 Å². The molecule has 1 N–H and O–H groups in total. The normalized spacial score (nSPS) is 14.7. The van der Waals surface area contributed by atoms with Crippen molar-refractivity contribution in [3.63, 3.8) is 0 Å². The number of ether oxygens (including phenoxy) is 1. The standard InChI is InChI=1S/C15H24O2/c1-12(2)6-5-11-15(3,16)13-7-9-14(17-4)10-8-13/h7-10,12,16H,5-6,11H2,1-4H3. The zero-order chi connectivity index (χ0) is 12.9. The summed E-state index contributed by atoms with van der Waals surface area (Å²) < 4.78 is 5.11. The minimum absolute atomic E-state index is 0.696. The molecule has 0 saturated heterocycles. The van der Waals surface area contributed by atoms with E-state index in [1.165, 1.54) is 0 Å². The molecule has 17 heavy (non-hydrogen) atoms. The molecule has 0 aromatic heterocycles. The smallest absolute Gasteiger partial charge is 0.118 e. The van der Waals surface area contributed by atoms with Crippen LogP contribution in [0.5, 0.6) is 5.75 Å². The van der Waals surface area contributed by atoms with Crippen LogP contribution in [0.3, 0.4) is 0 Å². The minimum atomic E-state index is -0.735. The van der Waals surface area contributed by atoms with Crippen molar-refractivity contribution in [1.29, 1.82) is 0 Å². The molecule has 96 valence electrons. The van der Waals surface area contributed by atoms with E-state index >= 15 is 0 Å². The van der Waals surface area contributed by atoms with Gasteiger partial charge in [0.2, 0.25) is 0 Å². The highest BCUT2D eigenvalue weighted by atomic mass is 16.5. The summed E-state index contributed by atoms with van der Waals surface area (Å²) in [6.45, 7) is 6.30. The number of benzene rings is 1. The third-order valence-corrected chi connectivity index (χ3v) is 3.16. The second-order valence-electron chi connectivity index (χ2n) is 5.29. The molecule has 0 aliphatic rings. The van der Waals surface area contributed by atoms with Crippen LogP contribution in [0.4, 0.5) is 0 Å². The summed E-state index contributed by atoms with van der Waals surface area (Å²) in [6, 6.07) is 7.67. The predicted octanol–water partition coefficient (Wildman–Crippen LogP) is 3.73. The topological polar surface area (TPSA) is 29.5 Å². The Morgan fingerprint density at radius 3 is 2.29 bits per heavy atom. The number of methoxy groups -OCH3 is 1. The Morgan fingerprint density at radius 1 is 1.24 bits per heavy atom. The van der Waals surface area contributed by atoms with Crippen LogP contribution in [0.1, 0.15) is 45.6 Å². The van der Waals surface area contributed by atoms with Gasteiger partial charge in [0.05, 0.1) is 12.7 Å². The molecule has 0 bridgehead atoms. The zero-order valence-electron chi connectivity index (χ0n) is 11.4. The van der Waals surface area contributed by atoms with Gasteiger partial charge in [0.1, 0.15) is 5.75 Å². The van der Waals surface area contributed by atoms with Crippen molar-refractivity contribution in [3.05, 3.63) is 29.8 Å². The summed E-state index contributed by atoms with van der Waals surface area (Å²) in [5, 5.41) is 10.4. The average molecular weight is 236 g/mol. The summed E-state index contributed by atoms with van der Waals surface area (Å²) in [4.78, 5) is 0. The molecule has 0 spiro atoms. The first-order valence-electron chi connectivity index (χ1n) is 6.32. The fourth-order valence-electron chi connectivity index (χ4n) is 1.95. The van der Waals surface area contributed by atoms with Gasteiger partial charge in [-0.25, -0.2) is 0 Å². The van der Waals surface area contributed by atoms with Crippen LogP contribution >= 0.6 is 0 Å². The van der Waals surface area contributed by atoms with Crippen LogP contribution in [0.25, 0.3) is 0 Å². The fraction of sp³-hybridized carbons (Fsp3) is 0.600. The Kier molecular flexibility index (Phi) is 5.01. The van der Waals surface area contributed by atoms with Crippen LogP contribution in [0.15, 0.2) is 24.3 Å². The van der Waals surface area contributed by atoms with Crippen molar-refractivity contribution in [2.24, 2.45) is 5.92 Å². The quantitative estimate of drug-likeness (QED) is 0.815. The molecule has 0 amide bonds. The molecule has 1 unspecified atom stereocenters. The zero-order valence-corrected chi connectivity index (χ0v) is 11.4. The fourth-order valence-corrected chi connectivity index (χ4v) is 1.95. The number of hydrogen-bond donors (Lipinski definition) is 1. The minimum Gasteiger partial charge on any atom is -0.497 e. The van der Waals surface area contributed by atoms with Gasteiger partial charge in [-0.15, -0.1) is 0 Å². The summed E-state index contributed by atoms with van der Waals surface area (Å²) in [5.41, 5.74) is 0.225. The van der Waals surface area contributed by atoms with Gasteiger partial charge in [-0.2, -0.15) is 0 Å². The average Bonchev–Trinajstić information content (AvgIpc) is 2.28. The van der Waals surface area contributed by atoms with Crippen LogP contribution < -0.4 is 4.74 Å². The Bertz CT molecular complexity index is 325. The summed E-state index contributed by atoms with van der Waals surface area (Å²) in [7, 11) is 1.65. The summed E-state index contributed by atoms with van der Waals surface area (Å²) >= 11 is 0. The molecular weight excluding hydrogens is 212 g/mol.